The fourth-order valence-electron chi connectivity index (χ4n) is 1.44. The zero-order valence-corrected chi connectivity index (χ0v) is 8.71. The van der Waals surface area contributed by atoms with Gasteiger partial charge in [-0.25, -0.2) is 0 Å². The van der Waals surface area contributed by atoms with E-state index >= 15 is 0 Å². The first kappa shape index (κ1) is 11.0. The zero-order valence-electron chi connectivity index (χ0n) is 8.71. The lowest BCUT2D eigenvalue weighted by Gasteiger charge is -2.04. The molecule has 0 radical (unpaired) electrons. The summed E-state index contributed by atoms with van der Waals surface area (Å²) in [6.45, 7) is 4.82. The van der Waals surface area contributed by atoms with Crippen LogP contribution in [0.1, 0.15) is 24.8 Å². The SMILES string of the molecule is C=C(CCCN)CCc1ccccc1. The molecule has 1 nitrogen and oxygen atoms in total. The zero-order chi connectivity index (χ0) is 10.2. The molecule has 1 aromatic carbocycles. The molecular weight excluding hydrogens is 170 g/mol. The van der Waals surface area contributed by atoms with Gasteiger partial charge in [-0.15, -0.1) is 0 Å². The standard InChI is InChI=1S/C13H19N/c1-12(6-5-11-14)9-10-13-7-3-2-4-8-13/h2-4,7-8H,1,5-6,9-11,14H2. The minimum Gasteiger partial charge on any atom is -0.330 e. The fraction of sp³-hybridized carbons (Fsp3) is 0.385. The third-order valence-electron chi connectivity index (χ3n) is 2.34. The van der Waals surface area contributed by atoms with Crippen molar-refractivity contribution in [2.24, 2.45) is 5.73 Å². The molecule has 0 aliphatic rings. The summed E-state index contributed by atoms with van der Waals surface area (Å²) in [6.07, 6.45) is 4.32. The van der Waals surface area contributed by atoms with Crippen molar-refractivity contribution in [1.29, 1.82) is 0 Å². The van der Waals surface area contributed by atoms with Crippen molar-refractivity contribution in [3.8, 4) is 0 Å². The number of hydrogen-bond donors (Lipinski definition) is 1. The third kappa shape index (κ3) is 4.24. The van der Waals surface area contributed by atoms with Gasteiger partial charge in [0.2, 0.25) is 0 Å². The summed E-state index contributed by atoms with van der Waals surface area (Å²) in [6, 6.07) is 10.5. The van der Waals surface area contributed by atoms with Gasteiger partial charge < -0.3 is 5.73 Å². The lowest BCUT2D eigenvalue weighted by molar-refractivity contribution is 0.778. The highest BCUT2D eigenvalue weighted by Crippen LogP contribution is 2.11. The average molecular weight is 189 g/mol. The van der Waals surface area contributed by atoms with Gasteiger partial charge in [0.25, 0.3) is 0 Å². The molecule has 0 unspecified atom stereocenters. The predicted octanol–water partition coefficient (Wildman–Crippen LogP) is 2.91. The Balaban J connectivity index is 2.24. The maximum absolute atomic E-state index is 5.44. The molecule has 0 bridgehead atoms. The van der Waals surface area contributed by atoms with E-state index in [4.69, 9.17) is 5.73 Å². The van der Waals surface area contributed by atoms with Crippen LogP contribution in [0.3, 0.4) is 0 Å². The van der Waals surface area contributed by atoms with E-state index in [1.165, 1.54) is 11.1 Å². The van der Waals surface area contributed by atoms with Crippen LogP contribution in [0.25, 0.3) is 0 Å². The highest BCUT2D eigenvalue weighted by atomic mass is 14.5. The molecule has 0 fully saturated rings. The number of allylic oxidation sites excluding steroid dienone is 1. The van der Waals surface area contributed by atoms with Crippen molar-refractivity contribution in [3.05, 3.63) is 48.0 Å². The first-order valence-electron chi connectivity index (χ1n) is 5.23. The maximum atomic E-state index is 5.44. The molecule has 0 heterocycles. The largest absolute Gasteiger partial charge is 0.330 e. The van der Waals surface area contributed by atoms with E-state index in [1.807, 2.05) is 6.07 Å². The average Bonchev–Trinajstić information content (AvgIpc) is 2.25. The first-order valence-corrected chi connectivity index (χ1v) is 5.23. The molecular formula is C13H19N. The second kappa shape index (κ2) is 6.39. The Kier molecular flexibility index (Phi) is 5.02. The summed E-state index contributed by atoms with van der Waals surface area (Å²) >= 11 is 0. The van der Waals surface area contributed by atoms with Crippen LogP contribution >= 0.6 is 0 Å². The van der Waals surface area contributed by atoms with Crippen molar-refractivity contribution in [2.45, 2.75) is 25.7 Å². The van der Waals surface area contributed by atoms with Crippen molar-refractivity contribution in [2.75, 3.05) is 6.54 Å². The summed E-state index contributed by atoms with van der Waals surface area (Å²) in [4.78, 5) is 0. The molecule has 0 aliphatic heterocycles. The van der Waals surface area contributed by atoms with Crippen LogP contribution in [0.2, 0.25) is 0 Å². The van der Waals surface area contributed by atoms with Gasteiger partial charge in [-0.2, -0.15) is 0 Å². The molecule has 1 aromatic rings. The van der Waals surface area contributed by atoms with E-state index in [-0.39, 0.29) is 0 Å². The molecule has 0 aliphatic carbocycles. The molecule has 1 heteroatoms. The minimum atomic E-state index is 0.768. The van der Waals surface area contributed by atoms with Gasteiger partial charge in [0.1, 0.15) is 0 Å². The topological polar surface area (TPSA) is 26.0 Å². The third-order valence-corrected chi connectivity index (χ3v) is 2.34. The van der Waals surface area contributed by atoms with Gasteiger partial charge in [0.15, 0.2) is 0 Å². The Morgan fingerprint density at radius 1 is 1.14 bits per heavy atom. The maximum Gasteiger partial charge on any atom is -0.00742 e. The van der Waals surface area contributed by atoms with Crippen molar-refractivity contribution in [3.63, 3.8) is 0 Å². The van der Waals surface area contributed by atoms with Crippen LogP contribution in [0.4, 0.5) is 0 Å². The monoisotopic (exact) mass is 189 g/mol. The molecule has 1 rings (SSSR count). The molecule has 0 aromatic heterocycles. The summed E-state index contributed by atoms with van der Waals surface area (Å²) < 4.78 is 0. The van der Waals surface area contributed by atoms with Gasteiger partial charge in [0, 0.05) is 0 Å². The highest BCUT2D eigenvalue weighted by molar-refractivity contribution is 5.16. The summed E-state index contributed by atoms with van der Waals surface area (Å²) in [7, 11) is 0. The number of aryl methyl sites for hydroxylation is 1. The quantitative estimate of drug-likeness (QED) is 0.684. The number of nitrogens with two attached hydrogens (primary N) is 1. The van der Waals surface area contributed by atoms with Crippen molar-refractivity contribution in [1.82, 2.24) is 0 Å². The molecule has 0 amide bonds. The number of hydrogen-bond acceptors (Lipinski definition) is 1. The minimum absolute atomic E-state index is 0.768. The summed E-state index contributed by atoms with van der Waals surface area (Å²) in [5.74, 6) is 0. The second-order valence-electron chi connectivity index (χ2n) is 3.63. The second-order valence-corrected chi connectivity index (χ2v) is 3.63. The van der Waals surface area contributed by atoms with E-state index in [0.717, 1.165) is 32.2 Å². The smallest absolute Gasteiger partial charge is 0.00742 e. The highest BCUT2D eigenvalue weighted by Gasteiger charge is 1.95. The van der Waals surface area contributed by atoms with E-state index in [9.17, 15) is 0 Å². The molecule has 2 N–H and O–H groups in total. The molecule has 0 saturated carbocycles. The molecule has 0 atom stereocenters. The summed E-state index contributed by atoms with van der Waals surface area (Å²) in [5.41, 5.74) is 8.15. The Labute approximate surface area is 86.6 Å². The van der Waals surface area contributed by atoms with Gasteiger partial charge in [0.05, 0.1) is 0 Å². The van der Waals surface area contributed by atoms with E-state index in [2.05, 4.69) is 30.8 Å². The van der Waals surface area contributed by atoms with Gasteiger partial charge in [-0.1, -0.05) is 42.5 Å². The summed E-state index contributed by atoms with van der Waals surface area (Å²) in [5, 5.41) is 0. The van der Waals surface area contributed by atoms with Gasteiger partial charge in [-0.05, 0) is 37.8 Å². The molecule has 0 spiro atoms. The van der Waals surface area contributed by atoms with Crippen molar-refractivity contribution < 1.29 is 0 Å². The van der Waals surface area contributed by atoms with Crippen LogP contribution < -0.4 is 5.73 Å². The van der Waals surface area contributed by atoms with Crippen LogP contribution in [0, 0.1) is 0 Å². The molecule has 76 valence electrons. The Morgan fingerprint density at radius 2 is 1.86 bits per heavy atom. The van der Waals surface area contributed by atoms with E-state index in [1.54, 1.807) is 0 Å². The number of benzene rings is 1. The lowest BCUT2D eigenvalue weighted by Crippen LogP contribution is -1.99. The Bertz CT molecular complexity index is 264. The molecule has 0 saturated heterocycles. The predicted molar refractivity (Wildman–Crippen MR) is 62.2 cm³/mol. The van der Waals surface area contributed by atoms with Gasteiger partial charge in [-0.3, -0.25) is 0 Å². The first-order chi connectivity index (χ1) is 6.83. The number of rotatable bonds is 6. The van der Waals surface area contributed by atoms with Crippen LogP contribution in [0.5, 0.6) is 0 Å². The van der Waals surface area contributed by atoms with Crippen molar-refractivity contribution >= 4 is 0 Å². The van der Waals surface area contributed by atoms with Gasteiger partial charge >= 0.3 is 0 Å². The van der Waals surface area contributed by atoms with Crippen LogP contribution in [0.15, 0.2) is 42.5 Å². The van der Waals surface area contributed by atoms with E-state index in [0.29, 0.717) is 0 Å². The Morgan fingerprint density at radius 3 is 2.50 bits per heavy atom. The van der Waals surface area contributed by atoms with E-state index < -0.39 is 0 Å². The molecule has 14 heavy (non-hydrogen) atoms. The lowest BCUT2D eigenvalue weighted by atomic mass is 10.0. The fourth-order valence-corrected chi connectivity index (χ4v) is 1.44. The Hall–Kier alpha value is -1.08. The van der Waals surface area contributed by atoms with Crippen LogP contribution in [-0.2, 0) is 6.42 Å². The normalized spacial score (nSPS) is 10.1. The van der Waals surface area contributed by atoms with Crippen LogP contribution in [-0.4, -0.2) is 6.54 Å².